The molecule has 272 valence electrons. The van der Waals surface area contributed by atoms with Crippen molar-refractivity contribution in [3.8, 4) is 0 Å². The number of benzene rings is 1. The maximum atomic E-state index is 13.2. The molecule has 0 radical (unpaired) electrons. The topological polar surface area (TPSA) is 129 Å². The van der Waals surface area contributed by atoms with Gasteiger partial charge >= 0.3 is 0 Å². The van der Waals surface area contributed by atoms with Crippen molar-refractivity contribution in [2.45, 2.75) is 117 Å². The van der Waals surface area contributed by atoms with Gasteiger partial charge in [0.2, 0.25) is 11.8 Å². The summed E-state index contributed by atoms with van der Waals surface area (Å²) < 4.78 is 0. The Labute approximate surface area is 303 Å². The minimum Gasteiger partial charge on any atom is -0.374 e. The first-order valence-corrected chi connectivity index (χ1v) is 19.2. The van der Waals surface area contributed by atoms with E-state index in [2.05, 4.69) is 61.9 Å². The summed E-state index contributed by atoms with van der Waals surface area (Å²) in [5.41, 5.74) is 8.04. The first-order chi connectivity index (χ1) is 23.8. The molecule has 2 fully saturated rings. The van der Waals surface area contributed by atoms with Gasteiger partial charge in [0, 0.05) is 41.8 Å². The van der Waals surface area contributed by atoms with Crippen LogP contribution >= 0.6 is 11.3 Å². The summed E-state index contributed by atoms with van der Waals surface area (Å²) in [4.78, 5) is 51.1. The first kappa shape index (κ1) is 39.0. The minimum absolute atomic E-state index is 0.0978. The predicted octanol–water partition coefficient (Wildman–Crippen LogP) is 7.00. The third kappa shape index (κ3) is 10.9. The SMILES string of the molecule is C=N/C(=N\C=C(/C)N1CCC([C@H]2CC[C@H](CCC)CC2)CC1)c1ccc(C[C@H](NC(=O)c2ccc(C(C)(C)C)s2)C(=O)N[C@H](C)C(N)=O)cc1. The third-order valence-corrected chi connectivity index (χ3v) is 12.0. The van der Waals surface area contributed by atoms with Gasteiger partial charge in [0.15, 0.2) is 5.84 Å². The number of nitrogens with two attached hydrogens (primary N) is 1. The molecule has 2 aromatic rings. The quantitative estimate of drug-likeness (QED) is 0.153. The lowest BCUT2D eigenvalue weighted by molar-refractivity contribution is -0.128. The average molecular weight is 703 g/mol. The van der Waals surface area contributed by atoms with Crippen LogP contribution in [-0.2, 0) is 21.4 Å². The van der Waals surface area contributed by atoms with E-state index in [1.165, 1.54) is 69.6 Å². The van der Waals surface area contributed by atoms with Gasteiger partial charge < -0.3 is 21.3 Å². The maximum absolute atomic E-state index is 13.2. The highest BCUT2D eigenvalue weighted by Crippen LogP contribution is 2.39. The van der Waals surface area contributed by atoms with Gasteiger partial charge in [-0.25, -0.2) is 9.98 Å². The molecular formula is C40H58N6O3S. The molecule has 1 saturated heterocycles. The van der Waals surface area contributed by atoms with Crippen LogP contribution in [0.2, 0.25) is 0 Å². The molecule has 1 aliphatic carbocycles. The van der Waals surface area contributed by atoms with Crippen LogP contribution in [0.3, 0.4) is 0 Å². The van der Waals surface area contributed by atoms with E-state index in [4.69, 9.17) is 10.7 Å². The zero-order valence-electron chi connectivity index (χ0n) is 31.0. The standard InChI is InChI=1S/C40H58N6O3S/c1-8-9-28-10-14-30(15-11-28)31-20-22-46(23-21-31)26(2)25-43-37(42-7)32-16-12-29(13-17-32)24-33(38(48)44-27(3)36(41)47)45-39(49)34-18-19-35(50-34)40(4,5)6/h12-13,16-19,25,27-28,30-31,33H,7-11,14-15,20-24H2,1-6H3,(H2,41,47)(H,44,48)(H,45,49)/b26-25+,43-37-/t27-,28-,30-,33+/m1/s1. The lowest BCUT2D eigenvalue weighted by atomic mass is 9.72. The summed E-state index contributed by atoms with van der Waals surface area (Å²) >= 11 is 1.40. The Morgan fingerprint density at radius 3 is 2.20 bits per heavy atom. The molecule has 2 atom stereocenters. The Morgan fingerprint density at radius 1 is 1.00 bits per heavy atom. The average Bonchev–Trinajstić information content (AvgIpc) is 3.61. The van der Waals surface area contributed by atoms with Gasteiger partial charge in [0.1, 0.15) is 12.1 Å². The number of amidine groups is 1. The molecule has 0 unspecified atom stereocenters. The second-order valence-electron chi connectivity index (χ2n) is 15.2. The van der Waals surface area contributed by atoms with Gasteiger partial charge in [-0.05, 0) is 87.1 Å². The number of hydrogen-bond acceptors (Lipinski definition) is 6. The van der Waals surface area contributed by atoms with Gasteiger partial charge in [-0.15, -0.1) is 11.3 Å². The lowest BCUT2D eigenvalue weighted by Crippen LogP contribution is -2.52. The summed E-state index contributed by atoms with van der Waals surface area (Å²) in [6, 6.07) is 9.47. The monoisotopic (exact) mass is 702 g/mol. The normalized spacial score (nSPS) is 20.6. The number of carbonyl (C=O) groups excluding carboxylic acids is 3. The number of amides is 3. The van der Waals surface area contributed by atoms with Crippen molar-refractivity contribution < 1.29 is 14.4 Å². The van der Waals surface area contributed by atoms with Crippen LogP contribution in [0.15, 0.2) is 58.3 Å². The van der Waals surface area contributed by atoms with Crippen molar-refractivity contribution in [1.82, 2.24) is 15.5 Å². The predicted molar refractivity (Wildman–Crippen MR) is 206 cm³/mol. The summed E-state index contributed by atoms with van der Waals surface area (Å²) in [6.07, 6.45) is 13.0. The Hall–Kier alpha value is -3.79. The van der Waals surface area contributed by atoms with E-state index >= 15 is 0 Å². The Bertz CT molecular complexity index is 1520. The number of nitrogens with zero attached hydrogens (tertiary/aromatic N) is 3. The molecule has 0 spiro atoms. The summed E-state index contributed by atoms with van der Waals surface area (Å²) in [5.74, 6) is 1.72. The molecule has 50 heavy (non-hydrogen) atoms. The van der Waals surface area contributed by atoms with Crippen LogP contribution in [-0.4, -0.2) is 60.3 Å². The Balaban J connectivity index is 1.38. The van der Waals surface area contributed by atoms with E-state index in [0.29, 0.717) is 10.7 Å². The van der Waals surface area contributed by atoms with Gasteiger partial charge in [-0.3, -0.25) is 14.4 Å². The van der Waals surface area contributed by atoms with Crippen molar-refractivity contribution >= 4 is 41.6 Å². The highest BCUT2D eigenvalue weighted by Gasteiger charge is 2.30. The summed E-state index contributed by atoms with van der Waals surface area (Å²) in [7, 11) is 0. The number of rotatable bonds is 13. The van der Waals surface area contributed by atoms with Crippen LogP contribution in [0.5, 0.6) is 0 Å². The fourth-order valence-corrected chi connectivity index (χ4v) is 8.20. The largest absolute Gasteiger partial charge is 0.374 e. The van der Waals surface area contributed by atoms with E-state index in [1.54, 1.807) is 6.07 Å². The number of nitrogens with one attached hydrogen (secondary N) is 2. The molecule has 4 N–H and O–H groups in total. The highest BCUT2D eigenvalue weighted by molar-refractivity contribution is 7.14. The van der Waals surface area contributed by atoms with Gasteiger partial charge in [-0.2, -0.15) is 0 Å². The van der Waals surface area contributed by atoms with Crippen LogP contribution in [0.25, 0.3) is 0 Å². The molecule has 9 nitrogen and oxygen atoms in total. The molecule has 2 heterocycles. The molecule has 1 aromatic heterocycles. The second kappa shape index (κ2) is 17.9. The van der Waals surface area contributed by atoms with Gasteiger partial charge in [0.05, 0.1) is 4.88 Å². The van der Waals surface area contributed by atoms with Crippen molar-refractivity contribution in [3.05, 3.63) is 69.2 Å². The summed E-state index contributed by atoms with van der Waals surface area (Å²) in [6.45, 7) is 18.1. The number of carbonyl (C=O) groups is 3. The number of primary amides is 1. The smallest absolute Gasteiger partial charge is 0.262 e. The molecule has 3 amide bonds. The fourth-order valence-electron chi connectivity index (χ4n) is 7.24. The van der Waals surface area contributed by atoms with Crippen molar-refractivity contribution in [3.63, 3.8) is 0 Å². The molecule has 1 aliphatic heterocycles. The van der Waals surface area contributed by atoms with E-state index in [-0.39, 0.29) is 17.7 Å². The maximum Gasteiger partial charge on any atom is 0.262 e. The summed E-state index contributed by atoms with van der Waals surface area (Å²) in [5, 5.41) is 5.50. The number of likely N-dealkylation sites (tertiary alicyclic amines) is 1. The van der Waals surface area contributed by atoms with E-state index in [1.807, 2.05) is 36.5 Å². The van der Waals surface area contributed by atoms with Crippen LogP contribution in [0.1, 0.15) is 119 Å². The van der Waals surface area contributed by atoms with Crippen molar-refractivity contribution in [1.29, 1.82) is 0 Å². The lowest BCUT2D eigenvalue weighted by Gasteiger charge is -2.40. The highest BCUT2D eigenvalue weighted by atomic mass is 32.1. The number of aliphatic imine (C=N–C) groups is 2. The number of hydrogen-bond donors (Lipinski definition) is 3. The molecule has 10 heteroatoms. The van der Waals surface area contributed by atoms with Crippen LogP contribution in [0.4, 0.5) is 0 Å². The van der Waals surface area contributed by atoms with Gasteiger partial charge in [0.25, 0.3) is 5.91 Å². The zero-order chi connectivity index (χ0) is 36.4. The van der Waals surface area contributed by atoms with E-state index in [9.17, 15) is 14.4 Å². The zero-order valence-corrected chi connectivity index (χ0v) is 31.8. The molecular weight excluding hydrogens is 645 g/mol. The van der Waals surface area contributed by atoms with E-state index < -0.39 is 23.9 Å². The minimum atomic E-state index is -0.924. The molecule has 1 aromatic carbocycles. The van der Waals surface area contributed by atoms with Crippen molar-refractivity contribution in [2.75, 3.05) is 13.1 Å². The van der Waals surface area contributed by atoms with E-state index in [0.717, 1.165) is 52.5 Å². The Kier molecular flexibility index (Phi) is 14.0. The fraction of sp³-hybridized carbons (Fsp3) is 0.575. The number of piperidine rings is 1. The first-order valence-electron chi connectivity index (χ1n) is 18.3. The second-order valence-corrected chi connectivity index (χ2v) is 16.3. The number of thiophene rings is 1. The number of allylic oxidation sites excluding steroid dienone is 1. The molecule has 0 bridgehead atoms. The van der Waals surface area contributed by atoms with Crippen LogP contribution in [0, 0.1) is 17.8 Å². The van der Waals surface area contributed by atoms with Crippen LogP contribution < -0.4 is 16.4 Å². The molecule has 4 rings (SSSR count). The molecule has 2 aliphatic rings. The third-order valence-electron chi connectivity index (χ3n) is 10.4. The molecule has 1 saturated carbocycles. The van der Waals surface area contributed by atoms with Gasteiger partial charge in [-0.1, -0.05) is 77.6 Å². The Morgan fingerprint density at radius 2 is 1.64 bits per heavy atom. The van der Waals surface area contributed by atoms with Crippen molar-refractivity contribution in [2.24, 2.45) is 33.5 Å².